The smallest absolute Gasteiger partial charge is 0.290 e. The predicted octanol–water partition coefficient (Wildman–Crippen LogP) is 0.288. The molecule has 5 N–H and O–H groups in total. The number of Topliss-reactive ketones (excluding diaryl/α,β-unsaturated/α-hetero) is 1. The van der Waals surface area contributed by atoms with E-state index in [9.17, 15) is 4.79 Å². The summed E-state index contributed by atoms with van der Waals surface area (Å²) >= 11 is 0. The van der Waals surface area contributed by atoms with Crippen molar-refractivity contribution in [3.05, 3.63) is 0 Å². The second-order valence-corrected chi connectivity index (χ2v) is 1.35. The van der Waals surface area contributed by atoms with Crippen molar-refractivity contribution in [1.82, 2.24) is 6.15 Å². The average Bonchev–Trinajstić information content (AvgIpc) is 1.88. The Morgan fingerprint density at radius 2 is 1.73 bits per heavy atom. The van der Waals surface area contributed by atoms with E-state index in [1.807, 2.05) is 0 Å². The SMILES string of the molecule is CC(=O)C(C)=NO.N.O=CO. The molecule has 6 heteroatoms. The third-order valence-electron chi connectivity index (χ3n) is 0.660. The van der Waals surface area contributed by atoms with Crippen molar-refractivity contribution in [2.24, 2.45) is 5.16 Å². The fourth-order valence-electron chi connectivity index (χ4n) is 0.0704. The summed E-state index contributed by atoms with van der Waals surface area (Å²) in [6, 6.07) is 0. The van der Waals surface area contributed by atoms with E-state index in [0.717, 1.165) is 0 Å². The van der Waals surface area contributed by atoms with Gasteiger partial charge in [0.05, 0.1) is 0 Å². The molecule has 0 saturated carbocycles. The number of hydrogen-bond acceptors (Lipinski definition) is 5. The van der Waals surface area contributed by atoms with Gasteiger partial charge in [-0.3, -0.25) is 9.59 Å². The molecule has 0 aliphatic heterocycles. The molecule has 0 aliphatic carbocycles. The van der Waals surface area contributed by atoms with Crippen LogP contribution in [0.3, 0.4) is 0 Å². The highest BCUT2D eigenvalue weighted by atomic mass is 16.4. The molecular formula is C5H12N2O4. The zero-order chi connectivity index (χ0) is 8.57. The summed E-state index contributed by atoms with van der Waals surface area (Å²) in [6.07, 6.45) is 0. The molecule has 0 bridgehead atoms. The number of carbonyl (C=O) groups excluding carboxylic acids is 1. The molecule has 66 valence electrons. The number of carbonyl (C=O) groups is 2. The lowest BCUT2D eigenvalue weighted by atomic mass is 10.3. The van der Waals surface area contributed by atoms with Crippen LogP contribution >= 0.6 is 0 Å². The van der Waals surface area contributed by atoms with Gasteiger partial charge in [0, 0.05) is 6.92 Å². The average molecular weight is 164 g/mol. The Morgan fingerprint density at radius 1 is 1.45 bits per heavy atom. The summed E-state index contributed by atoms with van der Waals surface area (Å²) < 4.78 is 0. The minimum Gasteiger partial charge on any atom is -0.483 e. The van der Waals surface area contributed by atoms with Gasteiger partial charge in [-0.2, -0.15) is 0 Å². The van der Waals surface area contributed by atoms with Crippen LogP contribution in [-0.2, 0) is 9.59 Å². The minimum absolute atomic E-state index is 0. The van der Waals surface area contributed by atoms with Crippen LogP contribution in [0.1, 0.15) is 13.8 Å². The molecule has 0 aromatic carbocycles. The van der Waals surface area contributed by atoms with E-state index >= 15 is 0 Å². The van der Waals surface area contributed by atoms with Gasteiger partial charge in [-0.1, -0.05) is 5.16 Å². The number of hydrogen-bond donors (Lipinski definition) is 3. The number of ketones is 1. The Labute approximate surface area is 64.1 Å². The van der Waals surface area contributed by atoms with Crippen LogP contribution in [0.5, 0.6) is 0 Å². The molecule has 0 aliphatic rings. The summed E-state index contributed by atoms with van der Waals surface area (Å²) in [4.78, 5) is 18.4. The Bertz CT molecular complexity index is 143. The van der Waals surface area contributed by atoms with Crippen LogP contribution in [0.2, 0.25) is 0 Å². The van der Waals surface area contributed by atoms with Crippen molar-refractivity contribution in [2.45, 2.75) is 13.8 Å². The lowest BCUT2D eigenvalue weighted by Gasteiger charge is -1.82. The minimum atomic E-state index is -0.250. The topological polar surface area (TPSA) is 122 Å². The van der Waals surface area contributed by atoms with Gasteiger partial charge in [0.2, 0.25) is 0 Å². The van der Waals surface area contributed by atoms with E-state index in [1.165, 1.54) is 13.8 Å². The largest absolute Gasteiger partial charge is 0.483 e. The molecule has 6 nitrogen and oxygen atoms in total. The first kappa shape index (κ1) is 16.3. The maximum absolute atomic E-state index is 10.1. The first-order valence-electron chi connectivity index (χ1n) is 2.37. The molecule has 0 unspecified atom stereocenters. The summed E-state index contributed by atoms with van der Waals surface area (Å²) in [5.74, 6) is -0.206. The highest BCUT2D eigenvalue weighted by molar-refractivity contribution is 6.37. The summed E-state index contributed by atoms with van der Waals surface area (Å²) in [6.45, 7) is 2.54. The van der Waals surface area contributed by atoms with Crippen molar-refractivity contribution >= 4 is 18.0 Å². The summed E-state index contributed by atoms with van der Waals surface area (Å²) in [5, 5.41) is 17.4. The molecule has 0 saturated heterocycles. The van der Waals surface area contributed by atoms with Gasteiger partial charge in [-0.05, 0) is 6.92 Å². The highest BCUT2D eigenvalue weighted by Crippen LogP contribution is 1.73. The summed E-state index contributed by atoms with van der Waals surface area (Å²) in [5.41, 5.74) is 0.139. The fraction of sp³-hybridized carbons (Fsp3) is 0.400. The quantitative estimate of drug-likeness (QED) is 0.222. The molecule has 11 heavy (non-hydrogen) atoms. The maximum Gasteiger partial charge on any atom is 0.290 e. The van der Waals surface area contributed by atoms with Gasteiger partial charge >= 0.3 is 0 Å². The number of rotatable bonds is 1. The standard InChI is InChI=1S/C4H7NO2.CH2O2.H3N/c1-3(5-7)4(2)6;2-1-3;/h7H,1-2H3;1H,(H,2,3);1H3. The van der Waals surface area contributed by atoms with Crippen LogP contribution in [0.4, 0.5) is 0 Å². The molecule has 0 atom stereocenters. The number of oxime groups is 1. The molecule has 0 aromatic heterocycles. The molecule has 0 spiro atoms. The normalized spacial score (nSPS) is 8.36. The third kappa shape index (κ3) is 17.7. The molecule has 0 radical (unpaired) electrons. The van der Waals surface area contributed by atoms with Gasteiger partial charge in [0.15, 0.2) is 5.78 Å². The summed E-state index contributed by atoms with van der Waals surface area (Å²) in [7, 11) is 0. The zero-order valence-corrected chi connectivity index (χ0v) is 6.44. The van der Waals surface area contributed by atoms with Gasteiger partial charge < -0.3 is 16.5 Å². The second-order valence-electron chi connectivity index (χ2n) is 1.35. The maximum atomic E-state index is 10.1. The van der Waals surface area contributed by atoms with Crippen molar-refractivity contribution in [3.63, 3.8) is 0 Å². The van der Waals surface area contributed by atoms with Crippen molar-refractivity contribution < 1.29 is 19.9 Å². The molecule has 0 fully saturated rings. The van der Waals surface area contributed by atoms with Crippen molar-refractivity contribution in [1.29, 1.82) is 0 Å². The van der Waals surface area contributed by atoms with Gasteiger partial charge in [-0.15, -0.1) is 0 Å². The van der Waals surface area contributed by atoms with Gasteiger partial charge in [-0.25, -0.2) is 0 Å². The van der Waals surface area contributed by atoms with Gasteiger partial charge in [0.25, 0.3) is 6.47 Å². The van der Waals surface area contributed by atoms with Crippen LogP contribution in [0.25, 0.3) is 0 Å². The molecule has 0 amide bonds. The molecule has 0 heterocycles. The number of carboxylic acid groups (broad SMARTS) is 1. The lowest BCUT2D eigenvalue weighted by molar-refractivity contribution is -0.122. The van der Waals surface area contributed by atoms with E-state index in [1.54, 1.807) is 0 Å². The molecule has 0 aromatic rings. The third-order valence-corrected chi connectivity index (χ3v) is 0.660. The predicted molar refractivity (Wildman–Crippen MR) is 39.3 cm³/mol. The van der Waals surface area contributed by atoms with Crippen molar-refractivity contribution in [2.75, 3.05) is 0 Å². The van der Waals surface area contributed by atoms with E-state index in [-0.39, 0.29) is 24.1 Å². The Hall–Kier alpha value is -1.43. The first-order valence-corrected chi connectivity index (χ1v) is 2.37. The van der Waals surface area contributed by atoms with E-state index in [2.05, 4.69) is 5.16 Å². The first-order chi connectivity index (χ1) is 4.59. The van der Waals surface area contributed by atoms with Crippen LogP contribution < -0.4 is 6.15 Å². The zero-order valence-electron chi connectivity index (χ0n) is 6.44. The molecule has 0 rings (SSSR count). The second kappa shape index (κ2) is 11.4. The van der Waals surface area contributed by atoms with E-state index < -0.39 is 0 Å². The Kier molecular flexibility index (Phi) is 16.8. The fourth-order valence-corrected chi connectivity index (χ4v) is 0.0704. The number of nitrogens with zero attached hydrogens (tertiary/aromatic N) is 1. The van der Waals surface area contributed by atoms with Crippen LogP contribution in [0.15, 0.2) is 5.16 Å². The Balaban J connectivity index is -0.000000140. The molecular weight excluding hydrogens is 152 g/mol. The lowest BCUT2D eigenvalue weighted by Crippen LogP contribution is -2.02. The highest BCUT2D eigenvalue weighted by Gasteiger charge is 1.93. The van der Waals surface area contributed by atoms with Gasteiger partial charge in [0.1, 0.15) is 5.71 Å². The Morgan fingerprint density at radius 3 is 1.73 bits per heavy atom. The van der Waals surface area contributed by atoms with Crippen LogP contribution in [-0.4, -0.2) is 28.3 Å². The van der Waals surface area contributed by atoms with E-state index in [0.29, 0.717) is 0 Å². The van der Waals surface area contributed by atoms with E-state index in [4.69, 9.17) is 15.1 Å². The van der Waals surface area contributed by atoms with Crippen LogP contribution in [0, 0.1) is 0 Å². The monoisotopic (exact) mass is 164 g/mol. The van der Waals surface area contributed by atoms with Crippen molar-refractivity contribution in [3.8, 4) is 0 Å².